The van der Waals surface area contributed by atoms with E-state index in [1.807, 2.05) is 6.92 Å². The Morgan fingerprint density at radius 1 is 1.21 bits per heavy atom. The minimum atomic E-state index is -4.12. The Labute approximate surface area is 111 Å². The van der Waals surface area contributed by atoms with Gasteiger partial charge in [0.1, 0.15) is 0 Å². The van der Waals surface area contributed by atoms with Crippen molar-refractivity contribution >= 4 is 5.91 Å². The molecule has 0 aromatic carbocycles. The standard InChI is InChI=1S/C13H21F3N2O/c1-9-3-2-6-17-11(9)12(19)18-7-4-10(5-8-18)13(14,15)16/h9-11,17H,2-8H2,1H3. The molecule has 1 amide bonds. The van der Waals surface area contributed by atoms with Crippen LogP contribution in [-0.2, 0) is 4.79 Å². The fourth-order valence-electron chi connectivity index (χ4n) is 3.00. The van der Waals surface area contributed by atoms with Crippen LogP contribution in [0.1, 0.15) is 32.6 Å². The van der Waals surface area contributed by atoms with E-state index in [9.17, 15) is 18.0 Å². The van der Waals surface area contributed by atoms with Gasteiger partial charge in [0.25, 0.3) is 0 Å². The predicted octanol–water partition coefficient (Wildman–Crippen LogP) is 2.18. The highest BCUT2D eigenvalue weighted by atomic mass is 19.4. The van der Waals surface area contributed by atoms with E-state index >= 15 is 0 Å². The number of nitrogens with zero attached hydrogens (tertiary/aromatic N) is 1. The van der Waals surface area contributed by atoms with Crippen molar-refractivity contribution in [2.45, 2.75) is 44.8 Å². The number of carbonyl (C=O) groups is 1. The molecule has 2 aliphatic rings. The average molecular weight is 278 g/mol. The van der Waals surface area contributed by atoms with E-state index in [-0.39, 0.29) is 43.8 Å². The summed E-state index contributed by atoms with van der Waals surface area (Å²) in [5.74, 6) is -0.997. The third-order valence-electron chi connectivity index (χ3n) is 4.31. The third kappa shape index (κ3) is 3.41. The van der Waals surface area contributed by atoms with Crippen LogP contribution in [-0.4, -0.2) is 42.7 Å². The lowest BCUT2D eigenvalue weighted by Crippen LogP contribution is -2.54. The van der Waals surface area contributed by atoms with Crippen LogP contribution in [0.4, 0.5) is 13.2 Å². The molecule has 110 valence electrons. The van der Waals surface area contributed by atoms with E-state index in [4.69, 9.17) is 0 Å². The van der Waals surface area contributed by atoms with E-state index in [0.717, 1.165) is 19.4 Å². The normalized spacial score (nSPS) is 30.4. The Bertz CT molecular complexity index is 324. The monoisotopic (exact) mass is 278 g/mol. The number of carbonyl (C=O) groups excluding carboxylic acids is 1. The number of amides is 1. The SMILES string of the molecule is CC1CCCNC1C(=O)N1CCC(C(F)(F)F)CC1. The van der Waals surface area contributed by atoms with Gasteiger partial charge in [0.15, 0.2) is 0 Å². The van der Waals surface area contributed by atoms with E-state index in [1.54, 1.807) is 4.90 Å². The minimum Gasteiger partial charge on any atom is -0.341 e. The van der Waals surface area contributed by atoms with Gasteiger partial charge >= 0.3 is 6.18 Å². The molecular weight excluding hydrogens is 257 g/mol. The molecule has 0 aromatic rings. The molecule has 0 saturated carbocycles. The van der Waals surface area contributed by atoms with Crippen molar-refractivity contribution < 1.29 is 18.0 Å². The lowest BCUT2D eigenvalue weighted by Gasteiger charge is -2.37. The van der Waals surface area contributed by atoms with Crippen LogP contribution >= 0.6 is 0 Å². The summed E-state index contributed by atoms with van der Waals surface area (Å²) in [5, 5.41) is 3.19. The van der Waals surface area contributed by atoms with Gasteiger partial charge in [-0.05, 0) is 38.1 Å². The zero-order chi connectivity index (χ0) is 14.0. The van der Waals surface area contributed by atoms with Crippen molar-refractivity contribution in [3.8, 4) is 0 Å². The predicted molar refractivity (Wildman–Crippen MR) is 65.5 cm³/mol. The number of halogens is 3. The van der Waals surface area contributed by atoms with Crippen LogP contribution in [0.5, 0.6) is 0 Å². The number of hydrogen-bond donors (Lipinski definition) is 1. The minimum absolute atomic E-state index is 0.0205. The summed E-state index contributed by atoms with van der Waals surface area (Å²) in [4.78, 5) is 13.9. The van der Waals surface area contributed by atoms with Gasteiger partial charge in [0.05, 0.1) is 12.0 Å². The number of likely N-dealkylation sites (tertiary alicyclic amines) is 1. The van der Waals surface area contributed by atoms with Crippen LogP contribution in [0, 0.1) is 11.8 Å². The smallest absolute Gasteiger partial charge is 0.341 e. The van der Waals surface area contributed by atoms with E-state index < -0.39 is 12.1 Å². The molecule has 0 aliphatic carbocycles. The van der Waals surface area contributed by atoms with Crippen molar-refractivity contribution in [2.24, 2.45) is 11.8 Å². The molecule has 19 heavy (non-hydrogen) atoms. The Morgan fingerprint density at radius 3 is 2.37 bits per heavy atom. The molecule has 2 atom stereocenters. The van der Waals surface area contributed by atoms with Gasteiger partial charge in [-0.25, -0.2) is 0 Å². The van der Waals surface area contributed by atoms with Crippen LogP contribution in [0.3, 0.4) is 0 Å². The third-order valence-corrected chi connectivity index (χ3v) is 4.31. The van der Waals surface area contributed by atoms with Crippen LogP contribution in [0.15, 0.2) is 0 Å². The fourth-order valence-corrected chi connectivity index (χ4v) is 3.00. The van der Waals surface area contributed by atoms with Crippen LogP contribution in [0.25, 0.3) is 0 Å². The number of nitrogens with one attached hydrogen (secondary N) is 1. The molecule has 2 fully saturated rings. The van der Waals surface area contributed by atoms with Gasteiger partial charge in [0, 0.05) is 13.1 Å². The summed E-state index contributed by atoms with van der Waals surface area (Å²) < 4.78 is 37.7. The van der Waals surface area contributed by atoms with Gasteiger partial charge < -0.3 is 10.2 Å². The molecular formula is C13H21F3N2O. The second kappa shape index (κ2) is 5.69. The van der Waals surface area contributed by atoms with Crippen molar-refractivity contribution in [1.82, 2.24) is 10.2 Å². The fraction of sp³-hybridized carbons (Fsp3) is 0.923. The Hall–Kier alpha value is -0.780. The number of rotatable bonds is 1. The van der Waals surface area contributed by atoms with Gasteiger partial charge in [-0.1, -0.05) is 6.92 Å². The van der Waals surface area contributed by atoms with E-state index in [2.05, 4.69) is 5.32 Å². The van der Waals surface area contributed by atoms with Gasteiger partial charge in [-0.2, -0.15) is 13.2 Å². The quantitative estimate of drug-likeness (QED) is 0.797. The topological polar surface area (TPSA) is 32.3 Å². The summed E-state index contributed by atoms with van der Waals surface area (Å²) in [6.07, 6.45) is -1.98. The largest absolute Gasteiger partial charge is 0.391 e. The van der Waals surface area contributed by atoms with Crippen LogP contribution in [0.2, 0.25) is 0 Å². The number of hydrogen-bond acceptors (Lipinski definition) is 2. The lowest BCUT2D eigenvalue weighted by atomic mass is 9.90. The maximum atomic E-state index is 12.6. The van der Waals surface area contributed by atoms with Crippen molar-refractivity contribution in [3.63, 3.8) is 0 Å². The lowest BCUT2D eigenvalue weighted by molar-refractivity contribution is -0.186. The van der Waals surface area contributed by atoms with Gasteiger partial charge in [-0.3, -0.25) is 4.79 Å². The highest BCUT2D eigenvalue weighted by molar-refractivity contribution is 5.82. The molecule has 2 saturated heterocycles. The van der Waals surface area contributed by atoms with Crippen molar-refractivity contribution in [2.75, 3.05) is 19.6 Å². The van der Waals surface area contributed by atoms with Crippen molar-refractivity contribution in [3.05, 3.63) is 0 Å². The molecule has 0 spiro atoms. The molecule has 6 heteroatoms. The molecule has 2 rings (SSSR count). The highest BCUT2D eigenvalue weighted by Gasteiger charge is 2.42. The van der Waals surface area contributed by atoms with Crippen molar-refractivity contribution in [1.29, 1.82) is 0 Å². The maximum absolute atomic E-state index is 12.6. The Morgan fingerprint density at radius 2 is 1.84 bits per heavy atom. The summed E-state index contributed by atoms with van der Waals surface area (Å²) in [5.41, 5.74) is 0. The summed E-state index contributed by atoms with van der Waals surface area (Å²) >= 11 is 0. The second-order valence-corrected chi connectivity index (χ2v) is 5.69. The van der Waals surface area contributed by atoms with Crippen LogP contribution < -0.4 is 5.32 Å². The number of piperidine rings is 2. The number of alkyl halides is 3. The molecule has 0 radical (unpaired) electrons. The molecule has 2 heterocycles. The first-order chi connectivity index (χ1) is 8.89. The van der Waals surface area contributed by atoms with E-state index in [1.165, 1.54) is 0 Å². The maximum Gasteiger partial charge on any atom is 0.391 e. The molecule has 1 N–H and O–H groups in total. The first-order valence-corrected chi connectivity index (χ1v) is 6.98. The van der Waals surface area contributed by atoms with Gasteiger partial charge in [-0.15, -0.1) is 0 Å². The average Bonchev–Trinajstić information content (AvgIpc) is 2.38. The summed E-state index contributed by atoms with van der Waals surface area (Å²) in [6.45, 7) is 3.30. The van der Waals surface area contributed by atoms with Gasteiger partial charge in [0.2, 0.25) is 5.91 Å². The zero-order valence-electron chi connectivity index (χ0n) is 11.2. The first-order valence-electron chi connectivity index (χ1n) is 6.98. The summed E-state index contributed by atoms with van der Waals surface area (Å²) in [6, 6.07) is -0.212. The second-order valence-electron chi connectivity index (χ2n) is 5.69. The first kappa shape index (κ1) is 14.6. The zero-order valence-corrected chi connectivity index (χ0v) is 11.2. The Kier molecular flexibility index (Phi) is 4.38. The molecule has 2 unspecified atom stereocenters. The highest BCUT2D eigenvalue weighted by Crippen LogP contribution is 2.34. The molecule has 0 bridgehead atoms. The Balaban J connectivity index is 1.88. The molecule has 0 aromatic heterocycles. The summed E-state index contributed by atoms with van der Waals surface area (Å²) in [7, 11) is 0. The molecule has 3 nitrogen and oxygen atoms in total. The molecule has 2 aliphatic heterocycles. The van der Waals surface area contributed by atoms with E-state index in [0.29, 0.717) is 0 Å².